The minimum Gasteiger partial charge on any atom is -0.485 e. The zero-order valence-corrected chi connectivity index (χ0v) is 13.1. The molecule has 1 aliphatic heterocycles. The maximum Gasteiger partial charge on any atom is 0.241 e. The van der Waals surface area contributed by atoms with Gasteiger partial charge in [-0.1, -0.05) is 27.5 Å². The fourth-order valence-corrected chi connectivity index (χ4v) is 3.60. The Balaban J connectivity index is 2.37. The number of rotatable bonds is 3. The van der Waals surface area contributed by atoms with E-state index in [0.717, 1.165) is 12.8 Å². The van der Waals surface area contributed by atoms with Gasteiger partial charge in [-0.25, -0.2) is 13.6 Å². The summed E-state index contributed by atoms with van der Waals surface area (Å²) in [5.41, 5.74) is 0. The Labute approximate surface area is 125 Å². The average Bonchev–Trinajstić information content (AvgIpc) is 2.32. The molecule has 2 rings (SSSR count). The highest BCUT2D eigenvalue weighted by Gasteiger charge is 2.24. The van der Waals surface area contributed by atoms with Crippen molar-refractivity contribution in [2.75, 3.05) is 13.2 Å². The zero-order chi connectivity index (χ0) is 14.0. The van der Waals surface area contributed by atoms with Crippen LogP contribution in [0, 0.1) is 0 Å². The topological polar surface area (TPSA) is 78.6 Å². The van der Waals surface area contributed by atoms with Crippen LogP contribution in [0.5, 0.6) is 5.75 Å². The summed E-state index contributed by atoms with van der Waals surface area (Å²) in [6.45, 7) is 1.10. The minimum atomic E-state index is -3.91. The van der Waals surface area contributed by atoms with Crippen molar-refractivity contribution in [3.05, 3.63) is 21.6 Å². The minimum absolute atomic E-state index is 0.0860. The molecule has 5 nitrogen and oxygen atoms in total. The highest BCUT2D eigenvalue weighted by Crippen LogP contribution is 2.36. The lowest BCUT2D eigenvalue weighted by atomic mass is 10.2. The van der Waals surface area contributed by atoms with Crippen LogP contribution in [0.15, 0.2) is 21.5 Å². The lowest BCUT2D eigenvalue weighted by Gasteiger charge is -2.24. The van der Waals surface area contributed by atoms with Gasteiger partial charge in [0.15, 0.2) is 5.75 Å². The molecular weight excluding hydrogens is 358 g/mol. The van der Waals surface area contributed by atoms with Crippen LogP contribution in [0.3, 0.4) is 0 Å². The van der Waals surface area contributed by atoms with Crippen LogP contribution in [0.25, 0.3) is 0 Å². The van der Waals surface area contributed by atoms with E-state index in [1.165, 1.54) is 6.07 Å². The summed E-state index contributed by atoms with van der Waals surface area (Å²) in [7, 11) is -3.91. The van der Waals surface area contributed by atoms with Gasteiger partial charge in [-0.2, -0.15) is 0 Å². The molecule has 0 amide bonds. The SMILES string of the molecule is NS(=O)(=O)c1cc(Br)cc(Cl)c1OC1CCCOC1. The Bertz CT molecular complexity index is 572. The molecule has 1 aromatic carbocycles. The predicted molar refractivity (Wildman–Crippen MR) is 75.0 cm³/mol. The smallest absolute Gasteiger partial charge is 0.241 e. The average molecular weight is 371 g/mol. The van der Waals surface area contributed by atoms with E-state index in [-0.39, 0.29) is 21.8 Å². The Kier molecular flexibility index (Phi) is 4.73. The lowest BCUT2D eigenvalue weighted by molar-refractivity contribution is 0.00624. The molecule has 1 saturated heterocycles. The number of hydrogen-bond acceptors (Lipinski definition) is 4. The monoisotopic (exact) mass is 369 g/mol. The third-order valence-electron chi connectivity index (χ3n) is 2.68. The third kappa shape index (κ3) is 3.82. The fraction of sp³-hybridized carbons (Fsp3) is 0.455. The Morgan fingerprint density at radius 2 is 2.21 bits per heavy atom. The van der Waals surface area contributed by atoms with Crippen molar-refractivity contribution in [1.82, 2.24) is 0 Å². The van der Waals surface area contributed by atoms with Crippen molar-refractivity contribution in [3.8, 4) is 5.75 Å². The summed E-state index contributed by atoms with van der Waals surface area (Å²) in [6, 6.07) is 2.94. The van der Waals surface area contributed by atoms with Crippen LogP contribution in [0.2, 0.25) is 5.02 Å². The molecule has 19 heavy (non-hydrogen) atoms. The number of halogens is 2. The normalized spacial score (nSPS) is 20.3. The molecule has 0 aliphatic carbocycles. The van der Waals surface area contributed by atoms with Crippen molar-refractivity contribution in [2.24, 2.45) is 5.14 Å². The number of primary sulfonamides is 1. The quantitative estimate of drug-likeness (QED) is 0.885. The predicted octanol–water partition coefficient (Wildman–Crippen LogP) is 2.31. The van der Waals surface area contributed by atoms with Crippen molar-refractivity contribution >= 4 is 37.6 Å². The van der Waals surface area contributed by atoms with Gasteiger partial charge >= 0.3 is 0 Å². The van der Waals surface area contributed by atoms with Crippen LogP contribution in [0.1, 0.15) is 12.8 Å². The molecule has 0 aromatic heterocycles. The molecule has 0 saturated carbocycles. The molecule has 0 bridgehead atoms. The summed E-state index contributed by atoms with van der Waals surface area (Å²) < 4.78 is 34.6. The first-order chi connectivity index (χ1) is 8.88. The summed E-state index contributed by atoms with van der Waals surface area (Å²) in [5.74, 6) is 0.0860. The van der Waals surface area contributed by atoms with E-state index in [2.05, 4.69) is 15.9 Å². The number of nitrogens with two attached hydrogens (primary N) is 1. The third-order valence-corrected chi connectivity index (χ3v) is 4.34. The molecule has 1 aliphatic rings. The van der Waals surface area contributed by atoms with Crippen molar-refractivity contribution in [1.29, 1.82) is 0 Å². The van der Waals surface area contributed by atoms with Crippen molar-refractivity contribution in [2.45, 2.75) is 23.8 Å². The van der Waals surface area contributed by atoms with Crippen LogP contribution in [-0.2, 0) is 14.8 Å². The first-order valence-electron chi connectivity index (χ1n) is 5.64. The molecule has 106 valence electrons. The van der Waals surface area contributed by atoms with Gasteiger partial charge in [0.25, 0.3) is 0 Å². The standard InChI is InChI=1S/C11H13BrClNO4S/c12-7-4-9(13)11(10(5-7)19(14,15)16)18-8-2-1-3-17-6-8/h4-5,8H,1-3,6H2,(H2,14,15,16). The Hall–Kier alpha value is -0.340. The number of ether oxygens (including phenoxy) is 2. The molecule has 0 spiro atoms. The van der Waals surface area contributed by atoms with Crippen molar-refractivity contribution in [3.63, 3.8) is 0 Å². The molecule has 2 N–H and O–H groups in total. The van der Waals surface area contributed by atoms with Gasteiger partial charge in [0.1, 0.15) is 11.0 Å². The van der Waals surface area contributed by atoms with Gasteiger partial charge < -0.3 is 9.47 Å². The first kappa shape index (κ1) is 15.1. The Morgan fingerprint density at radius 1 is 1.47 bits per heavy atom. The first-order valence-corrected chi connectivity index (χ1v) is 8.36. The van der Waals surface area contributed by atoms with E-state index in [9.17, 15) is 8.42 Å². The number of sulfonamides is 1. The van der Waals surface area contributed by atoms with Gasteiger partial charge in [0, 0.05) is 11.1 Å². The van der Waals surface area contributed by atoms with E-state index < -0.39 is 10.0 Å². The maximum absolute atomic E-state index is 11.6. The van der Waals surface area contributed by atoms with Gasteiger partial charge in [0.2, 0.25) is 10.0 Å². The summed E-state index contributed by atoms with van der Waals surface area (Å²) in [4.78, 5) is -0.127. The zero-order valence-electron chi connectivity index (χ0n) is 9.93. The maximum atomic E-state index is 11.6. The summed E-state index contributed by atoms with van der Waals surface area (Å²) >= 11 is 9.22. The van der Waals surface area contributed by atoms with E-state index in [4.69, 9.17) is 26.2 Å². The van der Waals surface area contributed by atoms with E-state index >= 15 is 0 Å². The molecule has 1 aromatic rings. The largest absolute Gasteiger partial charge is 0.485 e. The number of hydrogen-bond donors (Lipinski definition) is 1. The molecule has 1 atom stereocenters. The Morgan fingerprint density at radius 3 is 2.79 bits per heavy atom. The van der Waals surface area contributed by atoms with E-state index in [0.29, 0.717) is 17.7 Å². The lowest BCUT2D eigenvalue weighted by Crippen LogP contribution is -2.29. The highest BCUT2D eigenvalue weighted by molar-refractivity contribution is 9.10. The fourth-order valence-electron chi connectivity index (χ4n) is 1.83. The second-order valence-electron chi connectivity index (χ2n) is 4.22. The van der Waals surface area contributed by atoms with E-state index in [1.807, 2.05) is 0 Å². The summed E-state index contributed by atoms with van der Waals surface area (Å²) in [5, 5.41) is 5.38. The molecule has 0 radical (unpaired) electrons. The summed E-state index contributed by atoms with van der Waals surface area (Å²) in [6.07, 6.45) is 1.44. The molecule has 1 unspecified atom stereocenters. The van der Waals surface area contributed by atoms with Gasteiger partial charge in [-0.15, -0.1) is 0 Å². The van der Waals surface area contributed by atoms with Gasteiger partial charge in [0.05, 0.1) is 11.6 Å². The highest BCUT2D eigenvalue weighted by atomic mass is 79.9. The van der Waals surface area contributed by atoms with Crippen LogP contribution in [-0.4, -0.2) is 27.7 Å². The molecule has 1 heterocycles. The van der Waals surface area contributed by atoms with Crippen molar-refractivity contribution < 1.29 is 17.9 Å². The molecule has 1 fully saturated rings. The van der Waals surface area contributed by atoms with E-state index in [1.54, 1.807) is 6.07 Å². The van der Waals surface area contributed by atoms with Crippen LogP contribution in [0.4, 0.5) is 0 Å². The van der Waals surface area contributed by atoms with Gasteiger partial charge in [-0.05, 0) is 25.0 Å². The van der Waals surface area contributed by atoms with Crippen LogP contribution < -0.4 is 9.88 Å². The second kappa shape index (κ2) is 5.97. The molecular formula is C11H13BrClNO4S. The number of benzene rings is 1. The molecule has 8 heteroatoms. The second-order valence-corrected chi connectivity index (χ2v) is 7.07. The van der Waals surface area contributed by atoms with Gasteiger partial charge in [-0.3, -0.25) is 0 Å². The van der Waals surface area contributed by atoms with Crippen LogP contribution >= 0.6 is 27.5 Å².